The summed E-state index contributed by atoms with van der Waals surface area (Å²) >= 11 is 4.70. The number of anilines is 2. The zero-order chi connectivity index (χ0) is 18.5. The summed E-state index contributed by atoms with van der Waals surface area (Å²) in [5.74, 6) is 0.267. The summed E-state index contributed by atoms with van der Waals surface area (Å²) in [5.41, 5.74) is 1.07. The standard InChI is InChI=1S/C17H20BrN5O2S/c1-11(24)20-16-21-17(26-22-16)23-7-5-13(6-8-23)15(25)19-10-12-3-2-4-14(18)9-12/h2-4,9,13H,5-8,10H2,1H3,(H,19,25)(H,20,22,24). The number of halogens is 1. The second kappa shape index (κ2) is 8.59. The molecular formula is C17H20BrN5O2S. The minimum atomic E-state index is -0.185. The first-order valence-electron chi connectivity index (χ1n) is 8.39. The Morgan fingerprint density at radius 3 is 2.81 bits per heavy atom. The normalized spacial score (nSPS) is 14.9. The Morgan fingerprint density at radius 1 is 1.35 bits per heavy atom. The first-order chi connectivity index (χ1) is 12.5. The Labute approximate surface area is 164 Å². The van der Waals surface area contributed by atoms with Gasteiger partial charge < -0.3 is 10.2 Å². The van der Waals surface area contributed by atoms with Crippen molar-refractivity contribution in [1.29, 1.82) is 0 Å². The fourth-order valence-corrected chi connectivity index (χ4v) is 3.99. The van der Waals surface area contributed by atoms with Crippen molar-refractivity contribution in [1.82, 2.24) is 14.7 Å². The molecule has 2 aromatic rings. The minimum Gasteiger partial charge on any atom is -0.352 e. The van der Waals surface area contributed by atoms with Gasteiger partial charge in [0.05, 0.1) is 0 Å². The van der Waals surface area contributed by atoms with E-state index in [0.29, 0.717) is 12.5 Å². The second-order valence-electron chi connectivity index (χ2n) is 6.19. The molecule has 2 heterocycles. The summed E-state index contributed by atoms with van der Waals surface area (Å²) in [7, 11) is 0. The molecule has 1 fully saturated rings. The van der Waals surface area contributed by atoms with Crippen molar-refractivity contribution in [3.8, 4) is 0 Å². The fraction of sp³-hybridized carbons (Fsp3) is 0.412. The lowest BCUT2D eigenvalue weighted by molar-refractivity contribution is -0.125. The number of hydrogen-bond acceptors (Lipinski definition) is 6. The van der Waals surface area contributed by atoms with Crippen molar-refractivity contribution in [2.75, 3.05) is 23.3 Å². The van der Waals surface area contributed by atoms with Crippen LogP contribution >= 0.6 is 27.5 Å². The zero-order valence-electron chi connectivity index (χ0n) is 14.4. The molecule has 3 rings (SSSR count). The van der Waals surface area contributed by atoms with Gasteiger partial charge in [0.1, 0.15) is 0 Å². The van der Waals surface area contributed by atoms with Gasteiger partial charge >= 0.3 is 0 Å². The van der Waals surface area contributed by atoms with E-state index in [-0.39, 0.29) is 17.7 Å². The Hall–Kier alpha value is -2.00. The Bertz CT molecular complexity index is 789. The third-order valence-corrected chi connectivity index (χ3v) is 5.47. The molecule has 1 aliphatic rings. The highest BCUT2D eigenvalue weighted by Crippen LogP contribution is 2.26. The van der Waals surface area contributed by atoms with E-state index < -0.39 is 0 Å². The van der Waals surface area contributed by atoms with Crippen LogP contribution in [0.15, 0.2) is 28.7 Å². The third-order valence-electron chi connectivity index (χ3n) is 4.20. The number of aromatic nitrogens is 2. The maximum atomic E-state index is 12.4. The van der Waals surface area contributed by atoms with Gasteiger partial charge in [-0.05, 0) is 30.5 Å². The number of carbonyl (C=O) groups excluding carboxylic acids is 2. The largest absolute Gasteiger partial charge is 0.352 e. The number of nitrogens with one attached hydrogen (secondary N) is 2. The average molecular weight is 438 g/mol. The van der Waals surface area contributed by atoms with Gasteiger partial charge in [-0.1, -0.05) is 28.1 Å². The quantitative estimate of drug-likeness (QED) is 0.750. The number of benzene rings is 1. The highest BCUT2D eigenvalue weighted by Gasteiger charge is 2.26. The van der Waals surface area contributed by atoms with Gasteiger partial charge in [-0.15, -0.1) is 0 Å². The predicted molar refractivity (Wildman–Crippen MR) is 105 cm³/mol. The van der Waals surface area contributed by atoms with E-state index in [1.54, 1.807) is 0 Å². The molecule has 0 saturated carbocycles. The van der Waals surface area contributed by atoms with Gasteiger partial charge in [0.2, 0.25) is 22.9 Å². The number of piperidine rings is 1. The van der Waals surface area contributed by atoms with E-state index >= 15 is 0 Å². The zero-order valence-corrected chi connectivity index (χ0v) is 16.8. The number of carbonyl (C=O) groups is 2. The average Bonchev–Trinajstić information content (AvgIpc) is 3.07. The Morgan fingerprint density at radius 2 is 2.12 bits per heavy atom. The van der Waals surface area contributed by atoms with Crippen LogP contribution in [0.25, 0.3) is 0 Å². The maximum absolute atomic E-state index is 12.4. The molecule has 1 saturated heterocycles. The molecule has 0 atom stereocenters. The predicted octanol–water partition coefficient (Wildman–Crippen LogP) is 2.79. The lowest BCUT2D eigenvalue weighted by atomic mass is 9.96. The van der Waals surface area contributed by atoms with Crippen LogP contribution in [0.3, 0.4) is 0 Å². The van der Waals surface area contributed by atoms with Crippen LogP contribution in [0.4, 0.5) is 11.1 Å². The van der Waals surface area contributed by atoms with Crippen LogP contribution in [0.5, 0.6) is 0 Å². The van der Waals surface area contributed by atoms with Gasteiger partial charge in [-0.25, -0.2) is 0 Å². The molecule has 0 radical (unpaired) electrons. The highest BCUT2D eigenvalue weighted by molar-refractivity contribution is 9.10. The van der Waals surface area contributed by atoms with Crippen LogP contribution in [0.1, 0.15) is 25.3 Å². The summed E-state index contributed by atoms with van der Waals surface area (Å²) in [4.78, 5) is 29.9. The van der Waals surface area contributed by atoms with E-state index in [9.17, 15) is 9.59 Å². The number of hydrogen-bond donors (Lipinski definition) is 2. The van der Waals surface area contributed by atoms with Crippen molar-refractivity contribution in [2.24, 2.45) is 5.92 Å². The number of rotatable bonds is 5. The number of amides is 2. The molecular weight excluding hydrogens is 418 g/mol. The molecule has 7 nitrogen and oxygen atoms in total. The first kappa shape index (κ1) is 18.8. The molecule has 2 N–H and O–H groups in total. The Balaban J connectivity index is 1.47. The lowest BCUT2D eigenvalue weighted by Gasteiger charge is -2.30. The van der Waals surface area contributed by atoms with Crippen molar-refractivity contribution >= 4 is 50.4 Å². The molecule has 26 heavy (non-hydrogen) atoms. The summed E-state index contributed by atoms with van der Waals surface area (Å²) in [5, 5.41) is 6.39. The summed E-state index contributed by atoms with van der Waals surface area (Å²) < 4.78 is 5.14. The maximum Gasteiger partial charge on any atom is 0.243 e. The van der Waals surface area contributed by atoms with E-state index in [4.69, 9.17) is 0 Å². The van der Waals surface area contributed by atoms with Crippen molar-refractivity contribution in [3.63, 3.8) is 0 Å². The molecule has 0 unspecified atom stereocenters. The van der Waals surface area contributed by atoms with Gasteiger partial charge in [0, 0.05) is 48.5 Å². The molecule has 0 bridgehead atoms. The summed E-state index contributed by atoms with van der Waals surface area (Å²) in [6.07, 6.45) is 1.55. The van der Waals surface area contributed by atoms with Crippen LogP contribution in [0, 0.1) is 5.92 Å². The molecule has 1 aromatic carbocycles. The number of nitrogens with zero attached hydrogens (tertiary/aromatic N) is 3. The minimum absolute atomic E-state index is 0.0149. The van der Waals surface area contributed by atoms with Crippen molar-refractivity contribution < 1.29 is 9.59 Å². The molecule has 0 aliphatic carbocycles. The fourth-order valence-electron chi connectivity index (χ4n) is 2.87. The van der Waals surface area contributed by atoms with E-state index in [2.05, 4.69) is 40.8 Å². The highest BCUT2D eigenvalue weighted by atomic mass is 79.9. The van der Waals surface area contributed by atoms with E-state index in [0.717, 1.165) is 41.1 Å². The molecule has 0 spiro atoms. The van der Waals surface area contributed by atoms with Crippen LogP contribution in [0.2, 0.25) is 0 Å². The second-order valence-corrected chi connectivity index (χ2v) is 7.84. The van der Waals surface area contributed by atoms with Crippen molar-refractivity contribution in [2.45, 2.75) is 26.3 Å². The molecule has 2 amide bonds. The van der Waals surface area contributed by atoms with Crippen LogP contribution in [-0.4, -0.2) is 34.3 Å². The molecule has 1 aromatic heterocycles. The van der Waals surface area contributed by atoms with Gasteiger partial charge in [-0.3, -0.25) is 14.9 Å². The van der Waals surface area contributed by atoms with Crippen molar-refractivity contribution in [3.05, 3.63) is 34.3 Å². The smallest absolute Gasteiger partial charge is 0.243 e. The van der Waals surface area contributed by atoms with Gasteiger partial charge in [0.15, 0.2) is 0 Å². The SMILES string of the molecule is CC(=O)Nc1nsc(N2CCC(C(=O)NCc3cccc(Br)c3)CC2)n1. The van der Waals surface area contributed by atoms with E-state index in [1.165, 1.54) is 18.5 Å². The third kappa shape index (κ3) is 5.01. The Kier molecular flexibility index (Phi) is 6.20. The molecule has 1 aliphatic heterocycles. The topological polar surface area (TPSA) is 87.2 Å². The lowest BCUT2D eigenvalue weighted by Crippen LogP contribution is -2.40. The van der Waals surface area contributed by atoms with Crippen LogP contribution < -0.4 is 15.5 Å². The first-order valence-corrected chi connectivity index (χ1v) is 9.96. The van der Waals surface area contributed by atoms with Gasteiger partial charge in [-0.2, -0.15) is 9.36 Å². The molecule has 138 valence electrons. The molecule has 9 heteroatoms. The summed E-state index contributed by atoms with van der Waals surface area (Å²) in [6.45, 7) is 3.47. The summed E-state index contributed by atoms with van der Waals surface area (Å²) in [6, 6.07) is 7.92. The van der Waals surface area contributed by atoms with E-state index in [1.807, 2.05) is 24.3 Å². The van der Waals surface area contributed by atoms with Gasteiger partial charge in [0.25, 0.3) is 0 Å². The van der Waals surface area contributed by atoms with Crippen LogP contribution in [-0.2, 0) is 16.1 Å². The monoisotopic (exact) mass is 437 g/mol.